The third-order valence-electron chi connectivity index (χ3n) is 5.65. The van der Waals surface area contributed by atoms with Crippen LogP contribution in [0.2, 0.25) is 5.02 Å². The molecule has 1 saturated heterocycles. The van der Waals surface area contributed by atoms with E-state index in [4.69, 9.17) is 23.1 Å². The number of rotatable bonds is 8. The molecular weight excluding hydrogens is 404 g/mol. The van der Waals surface area contributed by atoms with Crippen LogP contribution in [0.5, 0.6) is 0 Å². The lowest BCUT2D eigenvalue weighted by Gasteiger charge is -2.35. The molecule has 2 atom stereocenters. The second-order valence-electron chi connectivity index (χ2n) is 7.54. The third kappa shape index (κ3) is 4.59. The minimum Gasteiger partial charge on any atom is -0.387 e. The van der Waals surface area contributed by atoms with Crippen LogP contribution in [0, 0.1) is 0 Å². The number of carbonyl (C=O) groups is 2. The average Bonchev–Trinajstić information content (AvgIpc) is 3.18. The quantitative estimate of drug-likeness (QED) is 0.479. The number of benzene rings is 2. The fourth-order valence-electron chi connectivity index (χ4n) is 4.07. The van der Waals surface area contributed by atoms with Gasteiger partial charge >= 0.3 is 6.03 Å². The van der Waals surface area contributed by atoms with Crippen LogP contribution in [0.3, 0.4) is 0 Å². The zero-order valence-electron chi connectivity index (χ0n) is 16.7. The molecular formula is C22H27ClN4O3. The maximum atomic E-state index is 12.3. The molecule has 0 saturated carbocycles. The van der Waals surface area contributed by atoms with Crippen molar-refractivity contribution in [2.75, 3.05) is 19.6 Å². The Hall–Kier alpha value is -2.61. The number of aliphatic hydroxyl groups is 1. The normalized spacial score (nSPS) is 19.6. The number of likely N-dealkylation sites (tertiary alicyclic amines) is 1. The van der Waals surface area contributed by atoms with Crippen molar-refractivity contribution in [3.63, 3.8) is 0 Å². The van der Waals surface area contributed by atoms with Crippen molar-refractivity contribution in [3.8, 4) is 0 Å². The van der Waals surface area contributed by atoms with Gasteiger partial charge in [0.05, 0.1) is 6.10 Å². The van der Waals surface area contributed by atoms with E-state index in [1.807, 2.05) is 36.4 Å². The molecule has 2 aromatic rings. The summed E-state index contributed by atoms with van der Waals surface area (Å²) in [4.78, 5) is 25.4. The topological polar surface area (TPSA) is 122 Å². The van der Waals surface area contributed by atoms with Gasteiger partial charge in [-0.05, 0) is 54.6 Å². The number of hydrogen-bond donors (Lipinski definition) is 4. The molecule has 7 nitrogen and oxygen atoms in total. The number of nitrogens with two attached hydrogens (primary N) is 2. The molecule has 0 spiro atoms. The lowest BCUT2D eigenvalue weighted by atomic mass is 9.86. The van der Waals surface area contributed by atoms with E-state index in [-0.39, 0.29) is 0 Å². The van der Waals surface area contributed by atoms with Crippen LogP contribution < -0.4 is 16.8 Å². The van der Waals surface area contributed by atoms with Gasteiger partial charge in [0.15, 0.2) is 0 Å². The molecule has 8 heteroatoms. The van der Waals surface area contributed by atoms with E-state index in [0.29, 0.717) is 43.1 Å². The van der Waals surface area contributed by atoms with Crippen LogP contribution in [0.25, 0.3) is 0 Å². The highest BCUT2D eigenvalue weighted by molar-refractivity contribution is 6.30. The molecule has 1 aliphatic heterocycles. The Bertz CT molecular complexity index is 906. The van der Waals surface area contributed by atoms with Crippen molar-refractivity contribution in [2.45, 2.75) is 30.9 Å². The predicted molar refractivity (Wildman–Crippen MR) is 116 cm³/mol. The summed E-state index contributed by atoms with van der Waals surface area (Å²) in [7, 11) is 0. The first-order valence-electron chi connectivity index (χ1n) is 9.95. The Kier molecular flexibility index (Phi) is 6.97. The molecule has 1 heterocycles. The fraction of sp³-hybridized carbons (Fsp3) is 0.364. The van der Waals surface area contributed by atoms with Crippen molar-refractivity contribution < 1.29 is 14.7 Å². The maximum absolute atomic E-state index is 12.3. The third-order valence-corrected chi connectivity index (χ3v) is 5.88. The van der Waals surface area contributed by atoms with Gasteiger partial charge < -0.3 is 26.8 Å². The fourth-order valence-corrected chi connectivity index (χ4v) is 4.26. The van der Waals surface area contributed by atoms with Crippen molar-refractivity contribution in [1.82, 2.24) is 10.2 Å². The first-order valence-corrected chi connectivity index (χ1v) is 10.3. The van der Waals surface area contributed by atoms with Crippen molar-refractivity contribution >= 4 is 23.5 Å². The lowest BCUT2D eigenvalue weighted by molar-refractivity contribution is -0.127. The summed E-state index contributed by atoms with van der Waals surface area (Å²) in [6, 6.07) is 14.0. The van der Waals surface area contributed by atoms with E-state index in [9.17, 15) is 14.7 Å². The Morgan fingerprint density at radius 3 is 2.57 bits per heavy atom. The Morgan fingerprint density at radius 1 is 1.20 bits per heavy atom. The Morgan fingerprint density at radius 2 is 1.93 bits per heavy atom. The second-order valence-corrected chi connectivity index (χ2v) is 7.98. The van der Waals surface area contributed by atoms with Crippen molar-refractivity contribution in [3.05, 3.63) is 70.2 Å². The van der Waals surface area contributed by atoms with Crippen LogP contribution in [0.15, 0.2) is 48.5 Å². The van der Waals surface area contributed by atoms with Gasteiger partial charge in [-0.15, -0.1) is 0 Å². The van der Waals surface area contributed by atoms with Crippen LogP contribution >= 0.6 is 11.6 Å². The molecule has 30 heavy (non-hydrogen) atoms. The van der Waals surface area contributed by atoms with E-state index in [0.717, 1.165) is 17.5 Å². The standard InChI is InChI=1S/C22H27ClN4O3/c23-18-4-1-3-16(13-18)19(28)14-26-11-9-15-5-7-17(8-6-15)22(20(24)29)10-2-12-27(22)21(25)30/h1,3-8,13,19,26,28H,2,9-12,14H2,(H2,24,29)(H2,25,30)/t19-,22?/m0/s1. The predicted octanol–water partition coefficient (Wildman–Crippen LogP) is 2.06. The molecule has 3 amide bonds. The highest BCUT2D eigenvalue weighted by Crippen LogP contribution is 2.38. The monoisotopic (exact) mass is 430 g/mol. The number of amides is 3. The maximum Gasteiger partial charge on any atom is 0.315 e. The number of urea groups is 1. The largest absolute Gasteiger partial charge is 0.387 e. The number of carbonyl (C=O) groups excluding carboxylic acids is 2. The van der Waals surface area contributed by atoms with Gasteiger partial charge in [0.1, 0.15) is 5.54 Å². The van der Waals surface area contributed by atoms with E-state index in [1.165, 1.54) is 4.90 Å². The summed E-state index contributed by atoms with van der Waals surface area (Å²) in [6.45, 7) is 1.50. The van der Waals surface area contributed by atoms with Crippen LogP contribution in [-0.2, 0) is 16.8 Å². The molecule has 0 bridgehead atoms. The van der Waals surface area contributed by atoms with Gasteiger partial charge in [-0.25, -0.2) is 4.79 Å². The summed E-state index contributed by atoms with van der Waals surface area (Å²) >= 11 is 5.96. The highest BCUT2D eigenvalue weighted by atomic mass is 35.5. The second kappa shape index (κ2) is 9.47. The average molecular weight is 431 g/mol. The minimum atomic E-state index is -1.18. The summed E-state index contributed by atoms with van der Waals surface area (Å²) in [6.07, 6.45) is 1.25. The first kappa shape index (κ1) is 22.1. The molecule has 6 N–H and O–H groups in total. The molecule has 0 aromatic heterocycles. The van der Waals surface area contributed by atoms with Gasteiger partial charge in [0.2, 0.25) is 5.91 Å². The van der Waals surface area contributed by atoms with E-state index < -0.39 is 23.6 Å². The smallest absolute Gasteiger partial charge is 0.315 e. The van der Waals surface area contributed by atoms with Crippen LogP contribution in [0.4, 0.5) is 4.79 Å². The summed E-state index contributed by atoms with van der Waals surface area (Å²) in [5.41, 5.74) is 12.5. The minimum absolute atomic E-state index is 0.413. The molecule has 0 radical (unpaired) electrons. The molecule has 160 valence electrons. The van der Waals surface area contributed by atoms with Gasteiger partial charge in [-0.2, -0.15) is 0 Å². The lowest BCUT2D eigenvalue weighted by Crippen LogP contribution is -2.55. The zero-order chi connectivity index (χ0) is 21.7. The van der Waals surface area contributed by atoms with Gasteiger partial charge in [0.25, 0.3) is 0 Å². The number of primary amides is 2. The van der Waals surface area contributed by atoms with E-state index >= 15 is 0 Å². The first-order chi connectivity index (χ1) is 14.3. The summed E-state index contributed by atoms with van der Waals surface area (Å²) in [5, 5.41) is 14.1. The SMILES string of the molecule is NC(=O)N1CCCC1(C(N)=O)c1ccc(CCNC[C@H](O)c2cccc(Cl)c2)cc1. The van der Waals surface area contributed by atoms with Crippen molar-refractivity contribution in [2.24, 2.45) is 11.5 Å². The van der Waals surface area contributed by atoms with Crippen LogP contribution in [-0.4, -0.2) is 41.6 Å². The number of hydrogen-bond acceptors (Lipinski definition) is 4. The van der Waals surface area contributed by atoms with Gasteiger partial charge in [-0.3, -0.25) is 4.79 Å². The molecule has 3 rings (SSSR count). The zero-order valence-corrected chi connectivity index (χ0v) is 17.4. The Balaban J connectivity index is 1.58. The summed E-state index contributed by atoms with van der Waals surface area (Å²) < 4.78 is 0. The van der Waals surface area contributed by atoms with E-state index in [2.05, 4.69) is 5.32 Å². The molecule has 1 fully saturated rings. The molecule has 1 unspecified atom stereocenters. The molecule has 0 aliphatic carbocycles. The number of nitrogens with one attached hydrogen (secondary N) is 1. The molecule has 1 aliphatic rings. The number of halogens is 1. The van der Waals surface area contributed by atoms with Gasteiger partial charge in [-0.1, -0.05) is 48.0 Å². The number of nitrogens with zero attached hydrogens (tertiary/aromatic N) is 1. The van der Waals surface area contributed by atoms with Gasteiger partial charge in [0, 0.05) is 18.1 Å². The highest BCUT2D eigenvalue weighted by Gasteiger charge is 2.49. The van der Waals surface area contributed by atoms with E-state index in [1.54, 1.807) is 12.1 Å². The Labute approximate surface area is 181 Å². The van der Waals surface area contributed by atoms with Crippen LogP contribution in [0.1, 0.15) is 35.6 Å². The molecule has 2 aromatic carbocycles. The van der Waals surface area contributed by atoms with Crippen molar-refractivity contribution in [1.29, 1.82) is 0 Å². The summed E-state index contributed by atoms with van der Waals surface area (Å²) in [5.74, 6) is -0.566. The number of aliphatic hydroxyl groups excluding tert-OH is 1.